The Morgan fingerprint density at radius 1 is 1.25 bits per heavy atom. The van der Waals surface area contributed by atoms with Crippen LogP contribution in [0.5, 0.6) is 0 Å². The monoisotopic (exact) mass is 294 g/mol. The van der Waals surface area contributed by atoms with Crippen LogP contribution >= 0.6 is 11.3 Å². The zero-order chi connectivity index (χ0) is 14.2. The molecule has 0 bridgehead atoms. The lowest BCUT2D eigenvalue weighted by Crippen LogP contribution is -2.39. The number of hydrogen-bond donors (Lipinski definition) is 1. The molecule has 1 atom stereocenters. The fourth-order valence-corrected chi connectivity index (χ4v) is 3.98. The smallest absolute Gasteiger partial charge is 0.0897 e. The van der Waals surface area contributed by atoms with Crippen LogP contribution in [0.3, 0.4) is 0 Å². The number of thiazole rings is 1. The second-order valence-corrected chi connectivity index (χ2v) is 7.29. The SMILES string of the molecule is CCCNC(Cc1csc(C)n1)C1CCCCCCC1. The van der Waals surface area contributed by atoms with Gasteiger partial charge in [-0.3, -0.25) is 0 Å². The molecule has 1 unspecified atom stereocenters. The van der Waals surface area contributed by atoms with Crippen LogP contribution in [-0.4, -0.2) is 17.6 Å². The maximum Gasteiger partial charge on any atom is 0.0897 e. The van der Waals surface area contributed by atoms with Gasteiger partial charge in [0, 0.05) is 17.8 Å². The van der Waals surface area contributed by atoms with Crippen molar-refractivity contribution in [2.24, 2.45) is 5.92 Å². The third kappa shape index (κ3) is 5.17. The molecule has 0 aliphatic heterocycles. The van der Waals surface area contributed by atoms with Gasteiger partial charge in [-0.25, -0.2) is 4.98 Å². The van der Waals surface area contributed by atoms with E-state index in [0.29, 0.717) is 6.04 Å². The first-order chi connectivity index (χ1) is 9.79. The molecule has 1 aromatic heterocycles. The maximum absolute atomic E-state index is 4.67. The molecular formula is C17H30N2S. The zero-order valence-corrected chi connectivity index (χ0v) is 14.0. The summed E-state index contributed by atoms with van der Waals surface area (Å²) in [7, 11) is 0. The number of aryl methyl sites for hydroxylation is 1. The number of nitrogens with one attached hydrogen (secondary N) is 1. The number of nitrogens with zero attached hydrogens (tertiary/aromatic N) is 1. The summed E-state index contributed by atoms with van der Waals surface area (Å²) < 4.78 is 0. The molecule has 20 heavy (non-hydrogen) atoms. The molecule has 0 amide bonds. The van der Waals surface area contributed by atoms with E-state index >= 15 is 0 Å². The molecule has 2 nitrogen and oxygen atoms in total. The second kappa shape index (κ2) is 8.78. The summed E-state index contributed by atoms with van der Waals surface area (Å²) in [5, 5.41) is 7.26. The fourth-order valence-electron chi connectivity index (χ4n) is 3.35. The minimum Gasteiger partial charge on any atom is -0.313 e. The number of hydrogen-bond acceptors (Lipinski definition) is 3. The topological polar surface area (TPSA) is 24.9 Å². The molecule has 1 fully saturated rings. The van der Waals surface area contributed by atoms with Crippen molar-refractivity contribution in [2.75, 3.05) is 6.54 Å². The molecule has 1 aliphatic carbocycles. The lowest BCUT2D eigenvalue weighted by molar-refractivity contribution is 0.282. The molecule has 0 saturated heterocycles. The summed E-state index contributed by atoms with van der Waals surface area (Å²) in [6, 6.07) is 0.634. The summed E-state index contributed by atoms with van der Waals surface area (Å²) in [5.74, 6) is 0.851. The molecule has 1 N–H and O–H groups in total. The Labute approximate surface area is 128 Å². The van der Waals surface area contributed by atoms with Crippen LogP contribution in [0.25, 0.3) is 0 Å². The summed E-state index contributed by atoms with van der Waals surface area (Å²) in [6.07, 6.45) is 12.3. The van der Waals surface area contributed by atoms with Crippen molar-refractivity contribution < 1.29 is 0 Å². The first kappa shape index (κ1) is 16.0. The molecular weight excluding hydrogens is 264 g/mol. The van der Waals surface area contributed by atoms with Crippen LogP contribution in [0.2, 0.25) is 0 Å². The van der Waals surface area contributed by atoms with Crippen LogP contribution in [-0.2, 0) is 6.42 Å². The third-order valence-corrected chi connectivity index (χ3v) is 5.29. The molecule has 2 rings (SSSR count). The average molecular weight is 295 g/mol. The molecule has 1 heterocycles. The van der Waals surface area contributed by atoms with Gasteiger partial charge in [0.2, 0.25) is 0 Å². The first-order valence-electron chi connectivity index (χ1n) is 8.44. The minimum atomic E-state index is 0.634. The Morgan fingerprint density at radius 3 is 2.55 bits per heavy atom. The van der Waals surface area contributed by atoms with E-state index in [1.807, 2.05) is 0 Å². The van der Waals surface area contributed by atoms with E-state index in [1.165, 1.54) is 62.1 Å². The molecule has 1 saturated carbocycles. The summed E-state index contributed by atoms with van der Waals surface area (Å²) in [4.78, 5) is 4.67. The zero-order valence-electron chi connectivity index (χ0n) is 13.2. The Hall–Kier alpha value is -0.410. The molecule has 0 radical (unpaired) electrons. The van der Waals surface area contributed by atoms with Gasteiger partial charge in [0.25, 0.3) is 0 Å². The molecule has 1 aliphatic rings. The highest BCUT2D eigenvalue weighted by Gasteiger charge is 2.22. The Bertz CT molecular complexity index is 367. The van der Waals surface area contributed by atoms with E-state index in [-0.39, 0.29) is 0 Å². The highest BCUT2D eigenvalue weighted by molar-refractivity contribution is 7.09. The Morgan fingerprint density at radius 2 is 1.95 bits per heavy atom. The van der Waals surface area contributed by atoms with E-state index in [9.17, 15) is 0 Å². The van der Waals surface area contributed by atoms with Gasteiger partial charge in [-0.05, 0) is 38.6 Å². The highest BCUT2D eigenvalue weighted by Crippen LogP contribution is 2.27. The van der Waals surface area contributed by atoms with Crippen LogP contribution in [0, 0.1) is 12.8 Å². The van der Waals surface area contributed by atoms with Crippen LogP contribution in [0.4, 0.5) is 0 Å². The third-order valence-electron chi connectivity index (χ3n) is 4.47. The van der Waals surface area contributed by atoms with Crippen molar-refractivity contribution in [3.05, 3.63) is 16.1 Å². The van der Waals surface area contributed by atoms with Gasteiger partial charge in [0.15, 0.2) is 0 Å². The Kier molecular flexibility index (Phi) is 7.01. The van der Waals surface area contributed by atoms with Crippen molar-refractivity contribution in [1.82, 2.24) is 10.3 Å². The van der Waals surface area contributed by atoms with E-state index in [1.54, 1.807) is 11.3 Å². The van der Waals surface area contributed by atoms with Crippen molar-refractivity contribution in [1.29, 1.82) is 0 Å². The summed E-state index contributed by atoms with van der Waals surface area (Å²) >= 11 is 1.79. The number of rotatable bonds is 6. The van der Waals surface area contributed by atoms with Crippen LogP contribution < -0.4 is 5.32 Å². The summed E-state index contributed by atoms with van der Waals surface area (Å²) in [6.45, 7) is 5.51. The minimum absolute atomic E-state index is 0.634. The number of aromatic nitrogens is 1. The van der Waals surface area contributed by atoms with Gasteiger partial charge in [-0.15, -0.1) is 11.3 Å². The highest BCUT2D eigenvalue weighted by atomic mass is 32.1. The predicted octanol–water partition coefficient (Wildman–Crippen LogP) is 4.72. The summed E-state index contributed by atoms with van der Waals surface area (Å²) in [5.41, 5.74) is 1.29. The maximum atomic E-state index is 4.67. The normalized spacial score (nSPS) is 19.5. The van der Waals surface area contributed by atoms with Crippen molar-refractivity contribution in [2.45, 2.75) is 77.7 Å². The quantitative estimate of drug-likeness (QED) is 0.821. The molecule has 0 aromatic carbocycles. The van der Waals surface area contributed by atoms with Crippen LogP contribution in [0.15, 0.2) is 5.38 Å². The van der Waals surface area contributed by atoms with E-state index in [2.05, 4.69) is 29.5 Å². The van der Waals surface area contributed by atoms with Gasteiger partial charge in [-0.1, -0.05) is 39.0 Å². The van der Waals surface area contributed by atoms with E-state index in [0.717, 1.165) is 18.9 Å². The average Bonchev–Trinajstić information content (AvgIpc) is 2.80. The van der Waals surface area contributed by atoms with Gasteiger partial charge in [0.1, 0.15) is 0 Å². The van der Waals surface area contributed by atoms with E-state index < -0.39 is 0 Å². The van der Waals surface area contributed by atoms with Gasteiger partial charge in [-0.2, -0.15) is 0 Å². The molecule has 0 spiro atoms. The predicted molar refractivity (Wildman–Crippen MR) is 88.4 cm³/mol. The van der Waals surface area contributed by atoms with Crippen molar-refractivity contribution in [3.63, 3.8) is 0 Å². The Balaban J connectivity index is 1.96. The van der Waals surface area contributed by atoms with Crippen molar-refractivity contribution >= 4 is 11.3 Å². The standard InChI is InChI=1S/C17H30N2S/c1-3-11-18-17(12-16-13-20-14(2)19-16)15-9-7-5-4-6-8-10-15/h13,15,17-18H,3-12H2,1-2H3. The lowest BCUT2D eigenvalue weighted by atomic mass is 9.84. The first-order valence-corrected chi connectivity index (χ1v) is 9.32. The molecule has 114 valence electrons. The van der Waals surface area contributed by atoms with Gasteiger partial charge >= 0.3 is 0 Å². The largest absolute Gasteiger partial charge is 0.313 e. The fraction of sp³-hybridized carbons (Fsp3) is 0.824. The molecule has 3 heteroatoms. The molecule has 1 aromatic rings. The van der Waals surface area contributed by atoms with Gasteiger partial charge < -0.3 is 5.32 Å². The van der Waals surface area contributed by atoms with Crippen LogP contribution in [0.1, 0.15) is 69.0 Å². The van der Waals surface area contributed by atoms with E-state index in [4.69, 9.17) is 0 Å². The lowest BCUT2D eigenvalue weighted by Gasteiger charge is -2.29. The second-order valence-electron chi connectivity index (χ2n) is 6.23. The van der Waals surface area contributed by atoms with Crippen molar-refractivity contribution in [3.8, 4) is 0 Å². The van der Waals surface area contributed by atoms with Gasteiger partial charge in [0.05, 0.1) is 10.7 Å².